The van der Waals surface area contributed by atoms with Crippen LogP contribution in [0.3, 0.4) is 0 Å². The van der Waals surface area contributed by atoms with Crippen LogP contribution in [0.5, 0.6) is 0 Å². The highest BCUT2D eigenvalue weighted by atomic mass is 16.5. The quantitative estimate of drug-likeness (QED) is 0.938. The van der Waals surface area contributed by atoms with Gasteiger partial charge >= 0.3 is 0 Å². The molecule has 1 aliphatic rings. The molecule has 0 aromatic carbocycles. The average Bonchev–Trinajstić information content (AvgIpc) is 3.12. The summed E-state index contributed by atoms with van der Waals surface area (Å²) in [7, 11) is 1.92. The molecule has 2 aromatic heterocycles. The van der Waals surface area contributed by atoms with Crippen molar-refractivity contribution in [3.63, 3.8) is 0 Å². The Kier molecular flexibility index (Phi) is 4.35. The Morgan fingerprint density at radius 2 is 2.30 bits per heavy atom. The highest BCUT2D eigenvalue weighted by Gasteiger charge is 2.31. The van der Waals surface area contributed by atoms with Crippen LogP contribution in [-0.2, 0) is 0 Å². The zero-order chi connectivity index (χ0) is 16.6. The largest absolute Gasteiger partial charge is 0.335 e. The van der Waals surface area contributed by atoms with E-state index in [2.05, 4.69) is 15.5 Å². The van der Waals surface area contributed by atoms with E-state index in [1.807, 2.05) is 38.8 Å². The second-order valence-electron chi connectivity index (χ2n) is 6.57. The van der Waals surface area contributed by atoms with Crippen molar-refractivity contribution in [2.24, 2.45) is 0 Å². The Bertz CT molecular complexity index is 723. The van der Waals surface area contributed by atoms with Gasteiger partial charge in [-0.1, -0.05) is 19.0 Å². The first-order valence-electron chi connectivity index (χ1n) is 8.25. The van der Waals surface area contributed by atoms with Gasteiger partial charge < -0.3 is 14.7 Å². The number of nitrogens with zero attached hydrogens (tertiary/aromatic N) is 3. The van der Waals surface area contributed by atoms with Crippen molar-refractivity contribution in [2.45, 2.75) is 45.6 Å². The molecule has 1 N–H and O–H groups in total. The van der Waals surface area contributed by atoms with Gasteiger partial charge in [-0.3, -0.25) is 4.79 Å². The number of hydrogen-bond donors (Lipinski definition) is 1. The van der Waals surface area contributed by atoms with Crippen LogP contribution in [0.25, 0.3) is 11.1 Å². The fourth-order valence-electron chi connectivity index (χ4n) is 3.36. The van der Waals surface area contributed by atoms with E-state index in [4.69, 9.17) is 4.52 Å². The molecule has 1 saturated heterocycles. The summed E-state index contributed by atoms with van der Waals surface area (Å²) in [5.74, 6) is 0.238. The van der Waals surface area contributed by atoms with Gasteiger partial charge in [-0.25, -0.2) is 4.98 Å². The molecule has 1 fully saturated rings. The van der Waals surface area contributed by atoms with Crippen molar-refractivity contribution in [2.75, 3.05) is 20.1 Å². The van der Waals surface area contributed by atoms with Gasteiger partial charge in [-0.15, -0.1) is 0 Å². The molecule has 3 rings (SSSR count). The molecule has 2 aromatic rings. The van der Waals surface area contributed by atoms with Gasteiger partial charge in [0.25, 0.3) is 11.6 Å². The molecule has 1 aliphatic heterocycles. The van der Waals surface area contributed by atoms with Crippen LogP contribution in [0.2, 0.25) is 0 Å². The summed E-state index contributed by atoms with van der Waals surface area (Å²) in [6.45, 7) is 7.59. The molecule has 0 saturated carbocycles. The molecule has 3 heterocycles. The number of amides is 1. The number of fused-ring (bicyclic) bond motifs is 1. The molecule has 1 unspecified atom stereocenters. The topological polar surface area (TPSA) is 71.3 Å². The highest BCUT2D eigenvalue weighted by molar-refractivity contribution is 6.06. The maximum Gasteiger partial charge on any atom is 0.259 e. The number of carbonyl (C=O) groups is 1. The third-order valence-electron chi connectivity index (χ3n) is 4.46. The van der Waals surface area contributed by atoms with E-state index in [1.54, 1.807) is 0 Å². The maximum atomic E-state index is 13.2. The van der Waals surface area contributed by atoms with E-state index >= 15 is 0 Å². The average molecular weight is 316 g/mol. The standard InChI is InChI=1S/C17H24N4O2/c1-10(2)15-14-13(8-11(3)19-16(14)23-20-15)17(22)21-7-5-6-12(21)9-18-4/h8,10,12,18H,5-7,9H2,1-4H3. The molecular weight excluding hydrogens is 292 g/mol. The highest BCUT2D eigenvalue weighted by Crippen LogP contribution is 2.30. The van der Waals surface area contributed by atoms with Crippen LogP contribution in [0.15, 0.2) is 10.6 Å². The first kappa shape index (κ1) is 15.9. The number of likely N-dealkylation sites (tertiary alicyclic amines) is 1. The fraction of sp³-hybridized carbons (Fsp3) is 0.588. The number of hydrogen-bond acceptors (Lipinski definition) is 5. The number of nitrogens with one attached hydrogen (secondary N) is 1. The van der Waals surface area contributed by atoms with Crippen LogP contribution in [-0.4, -0.2) is 47.1 Å². The summed E-state index contributed by atoms with van der Waals surface area (Å²) >= 11 is 0. The number of carbonyl (C=O) groups excluding carboxylic acids is 1. The van der Waals surface area contributed by atoms with Gasteiger partial charge in [0.05, 0.1) is 16.6 Å². The Morgan fingerprint density at radius 1 is 1.52 bits per heavy atom. The lowest BCUT2D eigenvalue weighted by Crippen LogP contribution is -2.41. The summed E-state index contributed by atoms with van der Waals surface area (Å²) in [6, 6.07) is 2.11. The normalized spacial score (nSPS) is 18.3. The Morgan fingerprint density at radius 3 is 3.00 bits per heavy atom. The van der Waals surface area contributed by atoms with Crippen LogP contribution in [0.1, 0.15) is 54.4 Å². The minimum Gasteiger partial charge on any atom is -0.335 e. The second kappa shape index (κ2) is 6.28. The van der Waals surface area contributed by atoms with Crippen LogP contribution < -0.4 is 5.32 Å². The minimum absolute atomic E-state index is 0.0587. The minimum atomic E-state index is 0.0587. The predicted molar refractivity (Wildman–Crippen MR) is 88.6 cm³/mol. The first-order chi connectivity index (χ1) is 11.0. The van der Waals surface area contributed by atoms with Crippen molar-refractivity contribution in [1.82, 2.24) is 20.4 Å². The summed E-state index contributed by atoms with van der Waals surface area (Å²) in [6.07, 6.45) is 2.09. The lowest BCUT2D eigenvalue weighted by atomic mass is 10.0. The van der Waals surface area contributed by atoms with Gasteiger partial charge in [0.15, 0.2) is 0 Å². The second-order valence-corrected chi connectivity index (χ2v) is 6.57. The summed E-state index contributed by atoms with van der Waals surface area (Å²) < 4.78 is 5.37. The van der Waals surface area contributed by atoms with Gasteiger partial charge in [0, 0.05) is 24.8 Å². The molecular formula is C17H24N4O2. The van der Waals surface area contributed by atoms with Crippen molar-refractivity contribution in [3.8, 4) is 0 Å². The Balaban J connectivity index is 2.07. The summed E-state index contributed by atoms with van der Waals surface area (Å²) in [4.78, 5) is 19.5. The molecule has 23 heavy (non-hydrogen) atoms. The van der Waals surface area contributed by atoms with Crippen LogP contribution in [0, 0.1) is 6.92 Å². The van der Waals surface area contributed by atoms with E-state index < -0.39 is 0 Å². The molecule has 1 atom stereocenters. The summed E-state index contributed by atoms with van der Waals surface area (Å²) in [5.41, 5.74) is 2.71. The monoisotopic (exact) mass is 316 g/mol. The number of rotatable bonds is 4. The molecule has 0 aliphatic carbocycles. The third kappa shape index (κ3) is 2.83. The van der Waals surface area contributed by atoms with Crippen molar-refractivity contribution in [1.29, 1.82) is 0 Å². The Labute approximate surface area is 136 Å². The molecule has 0 radical (unpaired) electrons. The number of aromatic nitrogens is 2. The molecule has 124 valence electrons. The Hall–Kier alpha value is -1.95. The van der Waals surface area contributed by atoms with Crippen molar-refractivity contribution in [3.05, 3.63) is 23.0 Å². The fourth-order valence-corrected chi connectivity index (χ4v) is 3.36. The zero-order valence-corrected chi connectivity index (χ0v) is 14.2. The van der Waals surface area contributed by atoms with E-state index in [0.29, 0.717) is 11.3 Å². The maximum absolute atomic E-state index is 13.2. The van der Waals surface area contributed by atoms with E-state index in [-0.39, 0.29) is 17.9 Å². The van der Waals surface area contributed by atoms with Gasteiger partial charge in [0.2, 0.25) is 0 Å². The third-order valence-corrected chi connectivity index (χ3v) is 4.46. The number of likely N-dealkylation sites (N-methyl/N-ethyl adjacent to an activating group) is 1. The van der Waals surface area contributed by atoms with Crippen molar-refractivity contribution < 1.29 is 9.32 Å². The number of pyridine rings is 1. The molecule has 0 spiro atoms. The van der Waals surface area contributed by atoms with Crippen molar-refractivity contribution >= 4 is 17.0 Å². The van der Waals surface area contributed by atoms with E-state index in [9.17, 15) is 4.79 Å². The predicted octanol–water partition coefficient (Wildman–Crippen LogP) is 2.48. The van der Waals surface area contributed by atoms with E-state index in [1.165, 1.54) is 0 Å². The molecule has 0 bridgehead atoms. The lowest BCUT2D eigenvalue weighted by molar-refractivity contribution is 0.0738. The lowest BCUT2D eigenvalue weighted by Gasteiger charge is -2.25. The van der Waals surface area contributed by atoms with E-state index in [0.717, 1.165) is 42.7 Å². The summed E-state index contributed by atoms with van der Waals surface area (Å²) in [5, 5.41) is 8.09. The van der Waals surface area contributed by atoms with Gasteiger partial charge in [-0.2, -0.15) is 0 Å². The number of aryl methyl sites for hydroxylation is 1. The van der Waals surface area contributed by atoms with Gasteiger partial charge in [0.1, 0.15) is 0 Å². The van der Waals surface area contributed by atoms with Crippen LogP contribution >= 0.6 is 0 Å². The smallest absolute Gasteiger partial charge is 0.259 e. The molecule has 1 amide bonds. The van der Waals surface area contributed by atoms with Crippen LogP contribution in [0.4, 0.5) is 0 Å². The molecule has 6 heteroatoms. The SMILES string of the molecule is CNCC1CCCN1C(=O)c1cc(C)nc2onc(C(C)C)c12. The zero-order valence-electron chi connectivity index (χ0n) is 14.2. The first-order valence-corrected chi connectivity index (χ1v) is 8.25. The molecule has 6 nitrogen and oxygen atoms in total. The van der Waals surface area contributed by atoms with Gasteiger partial charge in [-0.05, 0) is 38.8 Å².